The third kappa shape index (κ3) is 4.16. The number of benzene rings is 1. The predicted molar refractivity (Wildman–Crippen MR) is 89.1 cm³/mol. The van der Waals surface area contributed by atoms with Crippen LogP contribution in [0.5, 0.6) is 0 Å². The smallest absolute Gasteiger partial charge is 0.228 e. The minimum absolute atomic E-state index is 0.159. The molecule has 2 aromatic rings. The molecule has 118 valence electrons. The highest BCUT2D eigenvalue weighted by Gasteiger charge is 2.15. The average molecular weight is 367 g/mol. The van der Waals surface area contributed by atoms with Crippen LogP contribution in [0.25, 0.3) is 5.69 Å². The number of carbonyl (C=O) groups excluding carboxylic acids is 1. The first-order chi connectivity index (χ1) is 10.5. The van der Waals surface area contributed by atoms with Gasteiger partial charge in [-0.15, -0.1) is 0 Å². The lowest BCUT2D eigenvalue weighted by Gasteiger charge is -2.13. The molecule has 0 spiro atoms. The summed E-state index contributed by atoms with van der Waals surface area (Å²) in [5.41, 5.74) is 7.22. The molecule has 0 aliphatic carbocycles. The van der Waals surface area contributed by atoms with Gasteiger partial charge in [0.15, 0.2) is 0 Å². The average Bonchev–Trinajstić information content (AvgIpc) is 2.85. The van der Waals surface area contributed by atoms with Crippen LogP contribution in [-0.2, 0) is 9.53 Å². The summed E-state index contributed by atoms with van der Waals surface area (Å²) in [5, 5.41) is 7.28. The Hall–Kier alpha value is -1.70. The van der Waals surface area contributed by atoms with Crippen molar-refractivity contribution in [2.75, 3.05) is 19.0 Å². The lowest BCUT2D eigenvalue weighted by atomic mass is 10.2. The number of methoxy groups -OCH3 is 1. The number of nitrogens with two attached hydrogens (primary N) is 1. The fourth-order valence-corrected chi connectivity index (χ4v) is 2.44. The molecule has 0 aliphatic heterocycles. The fourth-order valence-electron chi connectivity index (χ4n) is 2.06. The lowest BCUT2D eigenvalue weighted by molar-refractivity contribution is -0.118. The van der Waals surface area contributed by atoms with Gasteiger partial charge in [-0.05, 0) is 25.1 Å². The van der Waals surface area contributed by atoms with Crippen molar-refractivity contribution in [1.29, 1.82) is 0 Å². The highest BCUT2D eigenvalue weighted by molar-refractivity contribution is 9.10. The summed E-state index contributed by atoms with van der Waals surface area (Å²) in [7, 11) is 1.54. The van der Waals surface area contributed by atoms with Crippen LogP contribution >= 0.6 is 15.9 Å². The van der Waals surface area contributed by atoms with Crippen LogP contribution < -0.4 is 11.1 Å². The summed E-state index contributed by atoms with van der Waals surface area (Å²) in [5.74, 6) is 0.459. The summed E-state index contributed by atoms with van der Waals surface area (Å²) in [6, 6.07) is 9.52. The minimum Gasteiger partial charge on any atom is -0.380 e. The molecule has 1 amide bonds. The zero-order chi connectivity index (χ0) is 16.1. The number of aromatic nitrogens is 2. The minimum atomic E-state index is -0.289. The number of hydrogen-bond acceptors (Lipinski definition) is 4. The van der Waals surface area contributed by atoms with E-state index < -0.39 is 0 Å². The van der Waals surface area contributed by atoms with E-state index in [1.807, 2.05) is 37.3 Å². The molecule has 0 fully saturated rings. The number of halogens is 1. The maximum absolute atomic E-state index is 12.1. The first-order valence-electron chi connectivity index (χ1n) is 6.88. The van der Waals surface area contributed by atoms with E-state index in [1.165, 1.54) is 0 Å². The third-order valence-corrected chi connectivity index (χ3v) is 3.65. The summed E-state index contributed by atoms with van der Waals surface area (Å²) >= 11 is 3.43. The lowest BCUT2D eigenvalue weighted by Crippen LogP contribution is -2.28. The van der Waals surface area contributed by atoms with Crippen LogP contribution in [0.1, 0.15) is 12.1 Å². The van der Waals surface area contributed by atoms with E-state index in [2.05, 4.69) is 26.3 Å². The van der Waals surface area contributed by atoms with Gasteiger partial charge in [-0.1, -0.05) is 22.0 Å². The van der Waals surface area contributed by atoms with Crippen molar-refractivity contribution in [3.8, 4) is 5.69 Å². The van der Waals surface area contributed by atoms with Gasteiger partial charge in [-0.25, -0.2) is 4.68 Å². The molecule has 1 atom stereocenters. The molecule has 2 rings (SSSR count). The summed E-state index contributed by atoms with van der Waals surface area (Å²) in [6.45, 7) is 2.18. The molecule has 1 heterocycles. The van der Waals surface area contributed by atoms with E-state index in [0.717, 1.165) is 15.9 Å². The van der Waals surface area contributed by atoms with E-state index in [1.54, 1.807) is 11.8 Å². The third-order valence-electron chi connectivity index (χ3n) is 3.16. The number of ether oxygens (including phenoxy) is 1. The van der Waals surface area contributed by atoms with Crippen molar-refractivity contribution < 1.29 is 9.53 Å². The van der Waals surface area contributed by atoms with Gasteiger partial charge in [0, 0.05) is 24.2 Å². The van der Waals surface area contributed by atoms with Crippen LogP contribution in [0.4, 0.5) is 5.82 Å². The Kier molecular flexibility index (Phi) is 5.70. The normalized spacial score (nSPS) is 12.2. The maximum atomic E-state index is 12.1. The largest absolute Gasteiger partial charge is 0.380 e. The molecule has 6 nitrogen and oxygen atoms in total. The summed E-state index contributed by atoms with van der Waals surface area (Å²) < 4.78 is 7.77. The van der Waals surface area contributed by atoms with E-state index in [4.69, 9.17) is 10.5 Å². The number of nitrogens with zero attached hydrogens (tertiary/aromatic N) is 2. The van der Waals surface area contributed by atoms with Crippen LogP contribution in [0, 0.1) is 6.92 Å². The Morgan fingerprint density at radius 3 is 2.91 bits per heavy atom. The molecule has 0 aliphatic rings. The topological polar surface area (TPSA) is 82.2 Å². The van der Waals surface area contributed by atoms with Gasteiger partial charge in [-0.3, -0.25) is 4.79 Å². The number of hydrogen-bond donors (Lipinski definition) is 2. The first-order valence-corrected chi connectivity index (χ1v) is 7.68. The van der Waals surface area contributed by atoms with Crippen LogP contribution in [0.15, 0.2) is 34.8 Å². The Labute approximate surface area is 137 Å². The molecule has 3 N–H and O–H groups in total. The zero-order valence-corrected chi connectivity index (χ0v) is 14.1. The zero-order valence-electron chi connectivity index (χ0n) is 12.5. The van der Waals surface area contributed by atoms with Crippen molar-refractivity contribution in [1.82, 2.24) is 9.78 Å². The highest BCUT2D eigenvalue weighted by Crippen LogP contribution is 2.20. The summed E-state index contributed by atoms with van der Waals surface area (Å²) in [4.78, 5) is 12.1. The molecular formula is C15H19BrN4O2. The quantitative estimate of drug-likeness (QED) is 0.821. The van der Waals surface area contributed by atoms with Crippen molar-refractivity contribution in [2.45, 2.75) is 19.4 Å². The highest BCUT2D eigenvalue weighted by atomic mass is 79.9. The SMILES string of the molecule is COC(CN)CC(=O)Nc1cc(C)nn1-c1cccc(Br)c1. The second-order valence-corrected chi connectivity index (χ2v) is 5.82. The molecule has 0 radical (unpaired) electrons. The van der Waals surface area contributed by atoms with Crippen LogP contribution in [-0.4, -0.2) is 35.4 Å². The number of anilines is 1. The molecule has 0 saturated heterocycles. The van der Waals surface area contributed by atoms with Crippen molar-refractivity contribution in [2.24, 2.45) is 5.73 Å². The van der Waals surface area contributed by atoms with Gasteiger partial charge in [0.05, 0.1) is 23.9 Å². The first kappa shape index (κ1) is 16.7. The van der Waals surface area contributed by atoms with Gasteiger partial charge >= 0.3 is 0 Å². The number of amides is 1. The second-order valence-electron chi connectivity index (χ2n) is 4.91. The van der Waals surface area contributed by atoms with Gasteiger partial charge in [-0.2, -0.15) is 5.10 Å². The standard InChI is InChI=1S/C15H19BrN4O2/c1-10-6-14(18-15(21)8-13(9-17)22-2)20(19-10)12-5-3-4-11(16)7-12/h3-7,13H,8-9,17H2,1-2H3,(H,18,21). The molecule has 0 bridgehead atoms. The second kappa shape index (κ2) is 7.53. The Morgan fingerprint density at radius 2 is 2.27 bits per heavy atom. The number of aryl methyl sites for hydroxylation is 1. The monoisotopic (exact) mass is 366 g/mol. The predicted octanol–water partition coefficient (Wildman–Crippen LogP) is 2.25. The van der Waals surface area contributed by atoms with Gasteiger partial charge in [0.1, 0.15) is 5.82 Å². The van der Waals surface area contributed by atoms with Crippen molar-refractivity contribution >= 4 is 27.7 Å². The fraction of sp³-hybridized carbons (Fsp3) is 0.333. The molecule has 1 aromatic heterocycles. The van der Waals surface area contributed by atoms with E-state index in [9.17, 15) is 4.79 Å². The van der Waals surface area contributed by atoms with Crippen LogP contribution in [0.3, 0.4) is 0 Å². The number of carbonyl (C=O) groups is 1. The summed E-state index contributed by atoms with van der Waals surface area (Å²) in [6.07, 6.45) is -0.0845. The van der Waals surface area contributed by atoms with Crippen LogP contribution in [0.2, 0.25) is 0 Å². The van der Waals surface area contributed by atoms with E-state index in [0.29, 0.717) is 12.4 Å². The Morgan fingerprint density at radius 1 is 1.50 bits per heavy atom. The van der Waals surface area contributed by atoms with Gasteiger partial charge in [0.2, 0.25) is 5.91 Å². The van der Waals surface area contributed by atoms with E-state index >= 15 is 0 Å². The van der Waals surface area contributed by atoms with Gasteiger partial charge in [0.25, 0.3) is 0 Å². The molecule has 7 heteroatoms. The van der Waals surface area contributed by atoms with Crippen molar-refractivity contribution in [3.05, 3.63) is 40.5 Å². The number of nitrogens with one attached hydrogen (secondary N) is 1. The van der Waals surface area contributed by atoms with Gasteiger partial charge < -0.3 is 15.8 Å². The number of rotatable bonds is 6. The molecular weight excluding hydrogens is 348 g/mol. The van der Waals surface area contributed by atoms with E-state index in [-0.39, 0.29) is 18.4 Å². The Balaban J connectivity index is 2.20. The molecule has 22 heavy (non-hydrogen) atoms. The Bertz CT molecular complexity index is 653. The molecule has 0 saturated carbocycles. The molecule has 1 unspecified atom stereocenters. The van der Waals surface area contributed by atoms with Crippen molar-refractivity contribution in [3.63, 3.8) is 0 Å². The molecule has 1 aromatic carbocycles. The maximum Gasteiger partial charge on any atom is 0.228 e.